The van der Waals surface area contributed by atoms with Crippen LogP contribution < -0.4 is 5.43 Å². The Bertz CT molecular complexity index is 1890. The van der Waals surface area contributed by atoms with Gasteiger partial charge in [0.05, 0.1) is 17.6 Å². The van der Waals surface area contributed by atoms with E-state index in [0.717, 1.165) is 4.90 Å². The van der Waals surface area contributed by atoms with Crippen molar-refractivity contribution in [3.05, 3.63) is 62.3 Å². The first-order chi connectivity index (χ1) is 18.5. The van der Waals surface area contributed by atoms with E-state index in [1.807, 2.05) is 0 Å². The van der Waals surface area contributed by atoms with Crippen molar-refractivity contribution in [3.63, 3.8) is 0 Å². The summed E-state index contributed by atoms with van der Waals surface area (Å²) in [7, 11) is 0. The summed E-state index contributed by atoms with van der Waals surface area (Å²) >= 11 is 0. The van der Waals surface area contributed by atoms with Gasteiger partial charge in [0.2, 0.25) is 5.43 Å². The van der Waals surface area contributed by atoms with Gasteiger partial charge in [-0.05, 0) is 61.1 Å². The van der Waals surface area contributed by atoms with E-state index in [2.05, 4.69) is 0 Å². The summed E-state index contributed by atoms with van der Waals surface area (Å²) in [5.74, 6) is -2.84. The normalized spacial score (nSPS) is 21.5. The zero-order chi connectivity index (χ0) is 27.5. The van der Waals surface area contributed by atoms with Gasteiger partial charge in [-0.15, -0.1) is 0 Å². The standard InChI is InChI=1S/C29H23NO9/c1-11-14-7-6-12-8-13-9-29(2)30(16(10-38-29)28(36)37)27(35)19(13)23(33)18(12)20(14)24(34)21-22(32)15-4-3-5-17(31)26(15)39-25(11)21/h3-5,8,16,31,33-34H,6-7,9-10H2,1-2H3,(H,36,37). The van der Waals surface area contributed by atoms with Crippen LogP contribution in [0.5, 0.6) is 17.2 Å². The number of aryl methyl sites for hydroxylation is 2. The lowest BCUT2D eigenvalue weighted by Crippen LogP contribution is -2.56. The molecule has 39 heavy (non-hydrogen) atoms. The zero-order valence-corrected chi connectivity index (χ0v) is 21.0. The van der Waals surface area contributed by atoms with E-state index in [1.165, 1.54) is 18.2 Å². The summed E-state index contributed by atoms with van der Waals surface area (Å²) in [5.41, 5.74) is 1.30. The van der Waals surface area contributed by atoms with Crippen LogP contribution in [0.2, 0.25) is 0 Å². The van der Waals surface area contributed by atoms with Gasteiger partial charge < -0.3 is 29.6 Å². The number of carbonyl (C=O) groups is 2. The van der Waals surface area contributed by atoms with Crippen LogP contribution in [-0.2, 0) is 28.8 Å². The van der Waals surface area contributed by atoms with E-state index >= 15 is 0 Å². The molecule has 1 saturated heterocycles. The van der Waals surface area contributed by atoms with E-state index < -0.39 is 29.1 Å². The molecular weight excluding hydrogens is 506 g/mol. The first-order valence-corrected chi connectivity index (χ1v) is 12.5. The Kier molecular flexibility index (Phi) is 4.53. The number of amides is 1. The van der Waals surface area contributed by atoms with Gasteiger partial charge in [0.25, 0.3) is 5.91 Å². The summed E-state index contributed by atoms with van der Waals surface area (Å²) < 4.78 is 11.7. The highest BCUT2D eigenvalue weighted by molar-refractivity contribution is 6.07. The minimum Gasteiger partial charge on any atom is -0.506 e. The van der Waals surface area contributed by atoms with Gasteiger partial charge in [-0.25, -0.2) is 4.79 Å². The lowest BCUT2D eigenvalue weighted by molar-refractivity contribution is -0.142. The molecule has 10 heteroatoms. The number of fused-ring (bicyclic) bond motifs is 7. The van der Waals surface area contributed by atoms with Crippen molar-refractivity contribution in [2.75, 3.05) is 6.61 Å². The number of hydrogen-bond donors (Lipinski definition) is 4. The predicted molar refractivity (Wildman–Crippen MR) is 138 cm³/mol. The molecular formula is C29H23NO9. The van der Waals surface area contributed by atoms with E-state index in [-0.39, 0.29) is 68.9 Å². The summed E-state index contributed by atoms with van der Waals surface area (Å²) in [6, 6.07) is 4.99. The smallest absolute Gasteiger partial charge is 0.328 e. The number of nitrogens with zero attached hydrogens (tertiary/aromatic N) is 1. The van der Waals surface area contributed by atoms with Crippen LogP contribution in [0, 0.1) is 6.92 Å². The highest BCUT2D eigenvalue weighted by Gasteiger charge is 2.54. The third kappa shape index (κ3) is 2.86. The molecule has 1 amide bonds. The molecule has 10 nitrogen and oxygen atoms in total. The zero-order valence-electron chi connectivity index (χ0n) is 21.0. The monoisotopic (exact) mass is 529 g/mol. The minimum absolute atomic E-state index is 0.0139. The number of aliphatic carboxylic acids is 1. The van der Waals surface area contributed by atoms with Crippen molar-refractivity contribution in [2.45, 2.75) is 44.9 Å². The van der Waals surface area contributed by atoms with Gasteiger partial charge in [0.15, 0.2) is 17.4 Å². The molecule has 0 spiro atoms. The van der Waals surface area contributed by atoms with Crippen LogP contribution in [0.15, 0.2) is 33.5 Å². The van der Waals surface area contributed by atoms with Crippen LogP contribution >= 0.6 is 0 Å². The average Bonchev–Trinajstić information content (AvgIpc) is 3.25. The maximum atomic E-state index is 13.7. The molecule has 0 bridgehead atoms. The number of rotatable bonds is 1. The van der Waals surface area contributed by atoms with Crippen LogP contribution in [0.25, 0.3) is 33.1 Å². The molecule has 3 aromatic carbocycles. The molecule has 4 N–H and O–H groups in total. The lowest BCUT2D eigenvalue weighted by atomic mass is 9.77. The summed E-state index contributed by atoms with van der Waals surface area (Å²) in [6.45, 7) is 3.23. The summed E-state index contributed by atoms with van der Waals surface area (Å²) in [6.07, 6.45) is 1.13. The van der Waals surface area contributed by atoms with Gasteiger partial charge in [-0.2, -0.15) is 0 Å². The fourth-order valence-corrected chi connectivity index (χ4v) is 6.63. The van der Waals surface area contributed by atoms with Crippen molar-refractivity contribution < 1.29 is 39.2 Å². The molecule has 2 unspecified atom stereocenters. The number of ether oxygens (including phenoxy) is 1. The molecule has 3 heterocycles. The molecule has 1 aromatic heterocycles. The van der Waals surface area contributed by atoms with Crippen molar-refractivity contribution >= 4 is 33.8 Å². The first-order valence-electron chi connectivity index (χ1n) is 12.5. The Morgan fingerprint density at radius 1 is 1.03 bits per heavy atom. The third-order valence-electron chi connectivity index (χ3n) is 8.43. The Morgan fingerprint density at radius 2 is 1.79 bits per heavy atom. The largest absolute Gasteiger partial charge is 0.506 e. The number of carbonyl (C=O) groups excluding carboxylic acids is 1. The maximum absolute atomic E-state index is 13.7. The molecule has 7 rings (SSSR count). The number of carboxylic acids is 1. The van der Waals surface area contributed by atoms with Crippen LogP contribution in [0.4, 0.5) is 0 Å². The van der Waals surface area contributed by atoms with E-state index in [0.29, 0.717) is 35.1 Å². The number of phenols is 3. The lowest BCUT2D eigenvalue weighted by Gasteiger charge is -2.41. The topological polar surface area (TPSA) is 158 Å². The average molecular weight is 530 g/mol. The van der Waals surface area contributed by atoms with Crippen LogP contribution in [-0.4, -0.2) is 55.6 Å². The number of aromatic hydroxyl groups is 3. The second-order valence-electron chi connectivity index (χ2n) is 10.6. The second-order valence-corrected chi connectivity index (χ2v) is 10.6. The maximum Gasteiger partial charge on any atom is 0.328 e. The van der Waals surface area contributed by atoms with Crippen molar-refractivity contribution in [3.8, 4) is 28.4 Å². The molecule has 1 aliphatic carbocycles. The molecule has 0 radical (unpaired) electrons. The van der Waals surface area contributed by atoms with Gasteiger partial charge in [0.1, 0.15) is 28.2 Å². The number of hydrogen-bond acceptors (Lipinski definition) is 8. The van der Waals surface area contributed by atoms with Gasteiger partial charge in [-0.1, -0.05) is 12.1 Å². The second kappa shape index (κ2) is 7.51. The van der Waals surface area contributed by atoms with E-state index in [9.17, 15) is 34.8 Å². The Balaban J connectivity index is 1.53. The number of benzene rings is 3. The Hall–Kier alpha value is -4.57. The quantitative estimate of drug-likeness (QED) is 0.271. The van der Waals surface area contributed by atoms with Crippen LogP contribution in [0.3, 0.4) is 0 Å². The number of phenolic OH excluding ortho intramolecular Hbond substituents is 3. The Labute approximate surface area is 220 Å². The van der Waals surface area contributed by atoms with E-state index in [1.54, 1.807) is 19.9 Å². The van der Waals surface area contributed by atoms with Crippen LogP contribution in [0.1, 0.15) is 39.5 Å². The molecule has 1 fully saturated rings. The molecule has 4 aromatic rings. The SMILES string of the molecule is Cc1c2c(c(O)c3c(=O)c4cccc(O)c4oc13)-c1c(cc3c(c1O)C(=O)N1C(C(=O)O)COC1(C)C3)CC2. The molecule has 2 aliphatic heterocycles. The molecule has 0 saturated carbocycles. The van der Waals surface area contributed by atoms with Gasteiger partial charge in [-0.3, -0.25) is 14.5 Å². The molecule has 198 valence electrons. The number of para-hydroxylation sites is 1. The van der Waals surface area contributed by atoms with E-state index in [4.69, 9.17) is 9.15 Å². The molecule has 2 atom stereocenters. The third-order valence-corrected chi connectivity index (χ3v) is 8.43. The highest BCUT2D eigenvalue weighted by atomic mass is 16.5. The summed E-state index contributed by atoms with van der Waals surface area (Å²) in [5, 5.41) is 43.1. The van der Waals surface area contributed by atoms with Crippen molar-refractivity contribution in [1.82, 2.24) is 4.90 Å². The van der Waals surface area contributed by atoms with Gasteiger partial charge in [0, 0.05) is 17.5 Å². The minimum atomic E-state index is -1.21. The van der Waals surface area contributed by atoms with Gasteiger partial charge >= 0.3 is 5.97 Å². The van der Waals surface area contributed by atoms with Crippen molar-refractivity contribution in [2.24, 2.45) is 0 Å². The Morgan fingerprint density at radius 3 is 2.54 bits per heavy atom. The highest BCUT2D eigenvalue weighted by Crippen LogP contribution is 2.52. The fourth-order valence-electron chi connectivity index (χ4n) is 6.63. The fraction of sp³-hybridized carbons (Fsp3) is 0.276. The summed E-state index contributed by atoms with van der Waals surface area (Å²) in [4.78, 5) is 40.2. The first kappa shape index (κ1) is 23.5. The van der Waals surface area contributed by atoms with Crippen molar-refractivity contribution in [1.29, 1.82) is 0 Å². The predicted octanol–water partition coefficient (Wildman–Crippen LogP) is 3.33. The number of carboxylic acid groups (broad SMARTS) is 1. The molecule has 3 aliphatic rings.